The Hall–Kier alpha value is -2.34. The maximum Gasteiger partial charge on any atom is 0.341 e. The van der Waals surface area contributed by atoms with Crippen molar-refractivity contribution in [2.24, 2.45) is 5.10 Å². The van der Waals surface area contributed by atoms with Crippen LogP contribution < -0.4 is 19.6 Å². The first-order chi connectivity index (χ1) is 13.3. The van der Waals surface area contributed by atoms with Gasteiger partial charge in [-0.05, 0) is 68.9 Å². The zero-order valence-electron chi connectivity index (χ0n) is 14.9. The summed E-state index contributed by atoms with van der Waals surface area (Å²) in [7, 11) is 2.97. The maximum absolute atomic E-state index is 12.2. The van der Waals surface area contributed by atoms with Crippen LogP contribution in [-0.4, -0.2) is 44.0 Å². The Morgan fingerprint density at radius 3 is 2.54 bits per heavy atom. The number of aliphatic carboxylic acids is 1. The molecule has 0 aliphatic rings. The number of nitrogens with zero attached hydrogens (tertiary/aromatic N) is 1. The van der Waals surface area contributed by atoms with Crippen LogP contribution in [0.5, 0.6) is 17.2 Å². The fourth-order valence-corrected chi connectivity index (χ4v) is 3.07. The standard InChI is InChI=1S/C18H16BrIN2O6/c1-26-14-5-10(3-4-13(14)20)18(25)22-21-8-11-6-15(27-2)16(7-12(11)19)28-9-17(23)24/h3-8H,9H2,1-2H3,(H,22,25)(H,23,24)/b21-8-. The fourth-order valence-electron chi connectivity index (χ4n) is 2.09. The topological polar surface area (TPSA) is 106 Å². The highest BCUT2D eigenvalue weighted by molar-refractivity contribution is 14.1. The number of carbonyl (C=O) groups excluding carboxylic acids is 1. The smallest absolute Gasteiger partial charge is 0.341 e. The first-order valence-electron chi connectivity index (χ1n) is 7.74. The maximum atomic E-state index is 12.2. The molecular formula is C18H16BrIN2O6. The SMILES string of the molecule is COc1cc(C(=O)N/N=C\c2cc(OC)c(OCC(=O)O)cc2Br)ccc1I. The second-order valence-corrected chi connectivity index (χ2v) is 7.27. The van der Waals surface area contributed by atoms with Crippen LogP contribution in [0.3, 0.4) is 0 Å². The van der Waals surface area contributed by atoms with E-state index in [2.05, 4.69) is 49.0 Å². The Bertz CT molecular complexity index is 919. The van der Waals surface area contributed by atoms with E-state index in [-0.39, 0.29) is 5.75 Å². The van der Waals surface area contributed by atoms with E-state index in [4.69, 9.17) is 19.3 Å². The van der Waals surface area contributed by atoms with Crippen molar-refractivity contribution in [3.05, 3.63) is 49.5 Å². The number of hydrogen-bond acceptors (Lipinski definition) is 6. The van der Waals surface area contributed by atoms with Crippen molar-refractivity contribution in [2.45, 2.75) is 0 Å². The summed E-state index contributed by atoms with van der Waals surface area (Å²) in [6.07, 6.45) is 1.43. The van der Waals surface area contributed by atoms with Crippen molar-refractivity contribution in [1.82, 2.24) is 5.43 Å². The van der Waals surface area contributed by atoms with E-state index in [1.165, 1.54) is 20.4 Å². The van der Waals surface area contributed by atoms with E-state index < -0.39 is 18.5 Å². The van der Waals surface area contributed by atoms with Crippen LogP contribution in [-0.2, 0) is 4.79 Å². The first kappa shape index (κ1) is 22.0. The Balaban J connectivity index is 2.13. The molecule has 8 nitrogen and oxygen atoms in total. The van der Waals surface area contributed by atoms with Gasteiger partial charge in [0, 0.05) is 15.6 Å². The zero-order valence-corrected chi connectivity index (χ0v) is 18.6. The summed E-state index contributed by atoms with van der Waals surface area (Å²) in [5.74, 6) is -0.292. The number of ether oxygens (including phenoxy) is 3. The Morgan fingerprint density at radius 2 is 1.89 bits per heavy atom. The van der Waals surface area contributed by atoms with Crippen LogP contribution in [0.25, 0.3) is 0 Å². The van der Waals surface area contributed by atoms with Gasteiger partial charge >= 0.3 is 5.97 Å². The van der Waals surface area contributed by atoms with Crippen LogP contribution >= 0.6 is 38.5 Å². The van der Waals surface area contributed by atoms with Gasteiger partial charge < -0.3 is 19.3 Å². The van der Waals surface area contributed by atoms with Crippen molar-refractivity contribution in [1.29, 1.82) is 0 Å². The molecule has 10 heteroatoms. The van der Waals surface area contributed by atoms with Gasteiger partial charge in [-0.25, -0.2) is 10.2 Å². The van der Waals surface area contributed by atoms with Gasteiger partial charge in [0.2, 0.25) is 0 Å². The number of rotatable bonds is 8. The molecule has 0 aliphatic heterocycles. The van der Waals surface area contributed by atoms with Crippen molar-refractivity contribution in [3.63, 3.8) is 0 Å². The molecule has 2 N–H and O–H groups in total. The molecule has 0 aliphatic carbocycles. The van der Waals surface area contributed by atoms with E-state index in [1.54, 1.807) is 30.3 Å². The van der Waals surface area contributed by atoms with E-state index >= 15 is 0 Å². The summed E-state index contributed by atoms with van der Waals surface area (Å²) < 4.78 is 17.1. The van der Waals surface area contributed by atoms with Gasteiger partial charge in [-0.2, -0.15) is 5.10 Å². The molecular weight excluding hydrogens is 547 g/mol. The molecule has 0 aromatic heterocycles. The lowest BCUT2D eigenvalue weighted by Crippen LogP contribution is -2.17. The van der Waals surface area contributed by atoms with Crippen molar-refractivity contribution in [3.8, 4) is 17.2 Å². The van der Waals surface area contributed by atoms with Gasteiger partial charge in [0.1, 0.15) is 5.75 Å². The zero-order chi connectivity index (χ0) is 20.7. The molecule has 2 aromatic rings. The number of hydrogen-bond donors (Lipinski definition) is 2. The van der Waals surface area contributed by atoms with E-state index in [1.807, 2.05) is 0 Å². The third-order valence-corrected chi connectivity index (χ3v) is 5.00. The quantitative estimate of drug-likeness (QED) is 0.290. The lowest BCUT2D eigenvalue weighted by atomic mass is 10.2. The van der Waals surface area contributed by atoms with Crippen LogP contribution in [0.1, 0.15) is 15.9 Å². The Kier molecular flexibility index (Phi) is 8.05. The van der Waals surface area contributed by atoms with Crippen LogP contribution in [0, 0.1) is 3.57 Å². The number of carboxylic acid groups (broad SMARTS) is 1. The van der Waals surface area contributed by atoms with Crippen LogP contribution in [0.15, 0.2) is 39.9 Å². The van der Waals surface area contributed by atoms with E-state index in [0.29, 0.717) is 27.1 Å². The number of hydrazone groups is 1. The minimum Gasteiger partial charge on any atom is -0.496 e. The molecule has 0 saturated heterocycles. The summed E-state index contributed by atoms with van der Waals surface area (Å²) in [5.41, 5.74) is 3.44. The number of carbonyl (C=O) groups is 2. The number of benzene rings is 2. The molecule has 0 atom stereocenters. The third-order valence-electron chi connectivity index (χ3n) is 3.42. The van der Waals surface area contributed by atoms with Crippen molar-refractivity contribution >= 4 is 56.6 Å². The number of carboxylic acids is 1. The fraction of sp³-hybridized carbons (Fsp3) is 0.167. The Labute approximate surface area is 183 Å². The summed E-state index contributed by atoms with van der Waals surface area (Å²) in [4.78, 5) is 22.9. The van der Waals surface area contributed by atoms with Gasteiger partial charge in [-0.15, -0.1) is 0 Å². The lowest BCUT2D eigenvalue weighted by Gasteiger charge is -2.11. The minimum absolute atomic E-state index is 0.268. The predicted molar refractivity (Wildman–Crippen MR) is 115 cm³/mol. The third kappa shape index (κ3) is 5.83. The molecule has 0 spiro atoms. The second kappa shape index (κ2) is 10.3. The molecule has 2 aromatic carbocycles. The lowest BCUT2D eigenvalue weighted by molar-refractivity contribution is -0.139. The molecule has 0 bridgehead atoms. The number of halogens is 2. The summed E-state index contributed by atoms with van der Waals surface area (Å²) >= 11 is 5.47. The van der Waals surface area contributed by atoms with Gasteiger partial charge in [0.25, 0.3) is 5.91 Å². The number of amides is 1. The molecule has 0 fully saturated rings. The van der Waals surface area contributed by atoms with Gasteiger partial charge in [-0.1, -0.05) is 0 Å². The summed E-state index contributed by atoms with van der Waals surface area (Å²) in [6, 6.07) is 8.23. The van der Waals surface area contributed by atoms with Crippen LogP contribution in [0.2, 0.25) is 0 Å². The first-order valence-corrected chi connectivity index (χ1v) is 9.62. The number of methoxy groups -OCH3 is 2. The summed E-state index contributed by atoms with van der Waals surface area (Å²) in [6.45, 7) is -0.494. The molecule has 0 radical (unpaired) electrons. The monoisotopic (exact) mass is 562 g/mol. The molecule has 0 heterocycles. The largest absolute Gasteiger partial charge is 0.496 e. The average molecular weight is 563 g/mol. The number of nitrogens with one attached hydrogen (secondary N) is 1. The predicted octanol–water partition coefficient (Wildman–Crippen LogP) is 3.30. The minimum atomic E-state index is -1.10. The van der Waals surface area contributed by atoms with Gasteiger partial charge in [-0.3, -0.25) is 4.79 Å². The molecule has 1 amide bonds. The highest BCUT2D eigenvalue weighted by Crippen LogP contribution is 2.33. The normalized spacial score (nSPS) is 10.6. The van der Waals surface area contributed by atoms with E-state index in [0.717, 1.165) is 3.57 Å². The molecule has 2 rings (SSSR count). The Morgan fingerprint density at radius 1 is 1.18 bits per heavy atom. The molecule has 28 heavy (non-hydrogen) atoms. The van der Waals surface area contributed by atoms with Crippen molar-refractivity contribution < 1.29 is 28.9 Å². The van der Waals surface area contributed by atoms with Gasteiger partial charge in [0.05, 0.1) is 24.0 Å². The highest BCUT2D eigenvalue weighted by Gasteiger charge is 2.12. The van der Waals surface area contributed by atoms with Gasteiger partial charge in [0.15, 0.2) is 18.1 Å². The molecule has 0 unspecified atom stereocenters. The second-order valence-electron chi connectivity index (χ2n) is 5.26. The highest BCUT2D eigenvalue weighted by atomic mass is 127. The van der Waals surface area contributed by atoms with Crippen molar-refractivity contribution in [2.75, 3.05) is 20.8 Å². The molecule has 148 valence electrons. The summed E-state index contributed by atoms with van der Waals surface area (Å²) in [5, 5.41) is 12.7. The van der Waals surface area contributed by atoms with E-state index in [9.17, 15) is 9.59 Å². The average Bonchev–Trinajstić information content (AvgIpc) is 2.67. The molecule has 0 saturated carbocycles. The van der Waals surface area contributed by atoms with Crippen LogP contribution in [0.4, 0.5) is 0 Å².